The van der Waals surface area contributed by atoms with Gasteiger partial charge >= 0.3 is 0 Å². The normalized spacial score (nSPS) is 10.7. The molecule has 0 bridgehead atoms. The molecule has 1 amide bonds. The number of ether oxygens (including phenoxy) is 2. The van der Waals surface area contributed by atoms with Crippen molar-refractivity contribution in [1.29, 1.82) is 0 Å². The SMILES string of the molecule is CNC(=O)CCCCCn1cc(COCCOC)nn1. The summed E-state index contributed by atoms with van der Waals surface area (Å²) in [5.74, 6) is 0.0984. The van der Waals surface area contributed by atoms with Crippen LogP contribution in [0.3, 0.4) is 0 Å². The van der Waals surface area contributed by atoms with E-state index in [1.807, 2.05) is 10.9 Å². The van der Waals surface area contributed by atoms with Gasteiger partial charge in [-0.2, -0.15) is 0 Å². The van der Waals surface area contributed by atoms with Crippen LogP contribution in [0.2, 0.25) is 0 Å². The number of nitrogens with zero attached hydrogens (tertiary/aromatic N) is 3. The van der Waals surface area contributed by atoms with E-state index < -0.39 is 0 Å². The monoisotopic (exact) mass is 284 g/mol. The van der Waals surface area contributed by atoms with Crippen LogP contribution in [0.15, 0.2) is 6.20 Å². The van der Waals surface area contributed by atoms with Crippen molar-refractivity contribution in [2.24, 2.45) is 0 Å². The molecule has 0 aliphatic carbocycles. The molecule has 1 N–H and O–H groups in total. The Morgan fingerprint density at radius 3 is 2.95 bits per heavy atom. The summed E-state index contributed by atoms with van der Waals surface area (Å²) in [6.45, 7) is 2.42. The molecule has 0 fully saturated rings. The maximum absolute atomic E-state index is 11.0. The van der Waals surface area contributed by atoms with E-state index >= 15 is 0 Å². The molecule has 7 heteroatoms. The van der Waals surface area contributed by atoms with Gasteiger partial charge in [0, 0.05) is 27.1 Å². The molecular formula is C13H24N4O3. The molecule has 0 spiro atoms. The van der Waals surface area contributed by atoms with Gasteiger partial charge in [0.15, 0.2) is 0 Å². The molecule has 0 unspecified atom stereocenters. The van der Waals surface area contributed by atoms with Crippen LogP contribution in [0, 0.1) is 0 Å². The minimum Gasteiger partial charge on any atom is -0.382 e. The first-order chi connectivity index (χ1) is 9.76. The van der Waals surface area contributed by atoms with Crippen LogP contribution in [-0.2, 0) is 27.4 Å². The lowest BCUT2D eigenvalue weighted by Gasteiger charge is -2.01. The molecule has 1 aromatic rings. The molecule has 0 saturated heterocycles. The summed E-state index contributed by atoms with van der Waals surface area (Å²) >= 11 is 0. The molecule has 0 saturated carbocycles. The quantitative estimate of drug-likeness (QED) is 0.607. The van der Waals surface area contributed by atoms with Crippen molar-refractivity contribution in [3.63, 3.8) is 0 Å². The summed E-state index contributed by atoms with van der Waals surface area (Å²) in [6, 6.07) is 0. The zero-order valence-electron chi connectivity index (χ0n) is 12.3. The lowest BCUT2D eigenvalue weighted by Crippen LogP contribution is -2.16. The summed E-state index contributed by atoms with van der Waals surface area (Å²) in [4.78, 5) is 11.0. The molecule has 7 nitrogen and oxygen atoms in total. The topological polar surface area (TPSA) is 78.3 Å². The van der Waals surface area contributed by atoms with E-state index in [0.717, 1.165) is 31.5 Å². The van der Waals surface area contributed by atoms with Crippen LogP contribution >= 0.6 is 0 Å². The van der Waals surface area contributed by atoms with Crippen molar-refractivity contribution >= 4 is 5.91 Å². The van der Waals surface area contributed by atoms with Gasteiger partial charge in [-0.05, 0) is 12.8 Å². The minimum absolute atomic E-state index is 0.0984. The summed E-state index contributed by atoms with van der Waals surface area (Å²) < 4.78 is 12.1. The number of rotatable bonds is 11. The largest absolute Gasteiger partial charge is 0.382 e. The zero-order valence-corrected chi connectivity index (χ0v) is 12.3. The molecular weight excluding hydrogens is 260 g/mol. The van der Waals surface area contributed by atoms with Crippen LogP contribution < -0.4 is 5.32 Å². The number of hydrogen-bond donors (Lipinski definition) is 1. The highest BCUT2D eigenvalue weighted by atomic mass is 16.5. The van der Waals surface area contributed by atoms with Gasteiger partial charge in [0.05, 0.1) is 26.0 Å². The van der Waals surface area contributed by atoms with Gasteiger partial charge in [-0.3, -0.25) is 9.48 Å². The van der Waals surface area contributed by atoms with Gasteiger partial charge in [-0.1, -0.05) is 11.6 Å². The third kappa shape index (κ3) is 7.20. The molecule has 0 aromatic carbocycles. The number of methoxy groups -OCH3 is 1. The lowest BCUT2D eigenvalue weighted by molar-refractivity contribution is -0.120. The number of carbonyl (C=O) groups is 1. The van der Waals surface area contributed by atoms with Crippen molar-refractivity contribution in [2.45, 2.75) is 38.8 Å². The van der Waals surface area contributed by atoms with Crippen LogP contribution in [0.1, 0.15) is 31.4 Å². The fraction of sp³-hybridized carbons (Fsp3) is 0.769. The maximum Gasteiger partial charge on any atom is 0.219 e. The van der Waals surface area contributed by atoms with E-state index in [1.165, 1.54) is 0 Å². The average molecular weight is 284 g/mol. The Morgan fingerprint density at radius 2 is 2.20 bits per heavy atom. The van der Waals surface area contributed by atoms with E-state index in [1.54, 1.807) is 14.2 Å². The first kappa shape index (κ1) is 16.6. The van der Waals surface area contributed by atoms with Gasteiger partial charge in [-0.15, -0.1) is 5.10 Å². The van der Waals surface area contributed by atoms with E-state index in [-0.39, 0.29) is 5.91 Å². The van der Waals surface area contributed by atoms with Crippen LogP contribution in [0.25, 0.3) is 0 Å². The van der Waals surface area contributed by atoms with Gasteiger partial charge in [-0.25, -0.2) is 0 Å². The number of aromatic nitrogens is 3. The highest BCUT2D eigenvalue weighted by Gasteiger charge is 2.02. The lowest BCUT2D eigenvalue weighted by atomic mass is 10.2. The van der Waals surface area contributed by atoms with Crippen molar-refractivity contribution in [3.8, 4) is 0 Å². The van der Waals surface area contributed by atoms with Crippen molar-refractivity contribution in [1.82, 2.24) is 20.3 Å². The Morgan fingerprint density at radius 1 is 1.35 bits per heavy atom. The second-order valence-corrected chi connectivity index (χ2v) is 4.50. The molecule has 1 rings (SSSR count). The highest BCUT2D eigenvalue weighted by molar-refractivity contribution is 5.75. The molecule has 0 atom stereocenters. The smallest absolute Gasteiger partial charge is 0.219 e. The van der Waals surface area contributed by atoms with Gasteiger partial charge in [0.25, 0.3) is 0 Å². The molecule has 0 aliphatic heterocycles. The number of unbranched alkanes of at least 4 members (excludes halogenated alkanes) is 2. The standard InChI is InChI=1S/C13H24N4O3/c1-14-13(18)6-4-3-5-7-17-10-12(15-16-17)11-20-9-8-19-2/h10H,3-9,11H2,1-2H3,(H,14,18). The molecule has 0 aliphatic rings. The van der Waals surface area contributed by atoms with Crippen LogP contribution in [-0.4, -0.2) is 48.3 Å². The maximum atomic E-state index is 11.0. The van der Waals surface area contributed by atoms with E-state index in [0.29, 0.717) is 26.2 Å². The Labute approximate surface area is 119 Å². The number of nitrogens with one attached hydrogen (secondary N) is 1. The Hall–Kier alpha value is -1.47. The number of amides is 1. The Balaban J connectivity index is 2.09. The summed E-state index contributed by atoms with van der Waals surface area (Å²) in [6.07, 6.45) is 5.39. The molecule has 0 radical (unpaired) electrons. The average Bonchev–Trinajstić information content (AvgIpc) is 2.91. The van der Waals surface area contributed by atoms with Gasteiger partial charge in [0.1, 0.15) is 5.69 Å². The Kier molecular flexibility index (Phi) is 8.57. The predicted octanol–water partition coefficient (Wildman–Crippen LogP) is 0.748. The molecule has 1 heterocycles. The van der Waals surface area contributed by atoms with Crippen LogP contribution in [0.5, 0.6) is 0 Å². The van der Waals surface area contributed by atoms with Crippen molar-refractivity contribution < 1.29 is 14.3 Å². The van der Waals surface area contributed by atoms with Gasteiger partial charge in [0.2, 0.25) is 5.91 Å². The van der Waals surface area contributed by atoms with Crippen molar-refractivity contribution in [2.75, 3.05) is 27.4 Å². The second-order valence-electron chi connectivity index (χ2n) is 4.50. The first-order valence-corrected chi connectivity index (χ1v) is 6.92. The van der Waals surface area contributed by atoms with Gasteiger partial charge < -0.3 is 14.8 Å². The minimum atomic E-state index is 0.0984. The Bertz CT molecular complexity index is 381. The summed E-state index contributed by atoms with van der Waals surface area (Å²) in [5.41, 5.74) is 0.825. The molecule has 114 valence electrons. The second kappa shape index (κ2) is 10.3. The number of hydrogen-bond acceptors (Lipinski definition) is 5. The fourth-order valence-electron chi connectivity index (χ4n) is 1.69. The molecule has 1 aromatic heterocycles. The fourth-order valence-corrected chi connectivity index (χ4v) is 1.69. The van der Waals surface area contributed by atoms with Crippen molar-refractivity contribution in [3.05, 3.63) is 11.9 Å². The number of carbonyl (C=O) groups excluding carboxylic acids is 1. The first-order valence-electron chi connectivity index (χ1n) is 6.92. The predicted molar refractivity (Wildman–Crippen MR) is 74.1 cm³/mol. The summed E-state index contributed by atoms with van der Waals surface area (Å²) in [7, 11) is 3.30. The molecule has 20 heavy (non-hydrogen) atoms. The highest BCUT2D eigenvalue weighted by Crippen LogP contribution is 2.03. The van der Waals surface area contributed by atoms with E-state index in [2.05, 4.69) is 15.6 Å². The van der Waals surface area contributed by atoms with Crippen LogP contribution in [0.4, 0.5) is 0 Å². The van der Waals surface area contributed by atoms with E-state index in [4.69, 9.17) is 9.47 Å². The third-order valence-corrected chi connectivity index (χ3v) is 2.84. The van der Waals surface area contributed by atoms with E-state index in [9.17, 15) is 4.79 Å². The third-order valence-electron chi connectivity index (χ3n) is 2.84. The number of aryl methyl sites for hydroxylation is 1. The zero-order chi connectivity index (χ0) is 14.6. The summed E-state index contributed by atoms with van der Waals surface area (Å²) in [5, 5.41) is 10.7.